The number of carbonyl (C=O) groups is 1. The molecule has 9 heteroatoms. The van der Waals surface area contributed by atoms with Gasteiger partial charge in [-0.05, 0) is 24.5 Å². The van der Waals surface area contributed by atoms with Gasteiger partial charge in [-0.15, -0.1) is 11.8 Å². The first-order chi connectivity index (χ1) is 11.1. The third-order valence-corrected chi connectivity index (χ3v) is 3.85. The van der Waals surface area contributed by atoms with Gasteiger partial charge in [0.1, 0.15) is 10.6 Å². The van der Waals surface area contributed by atoms with Crippen LogP contribution in [0.15, 0.2) is 41.6 Å². The molecule has 0 aliphatic rings. The van der Waals surface area contributed by atoms with Crippen LogP contribution in [0.5, 0.6) is 0 Å². The van der Waals surface area contributed by atoms with Crippen molar-refractivity contribution in [1.82, 2.24) is 14.6 Å². The number of nitrogens with zero attached hydrogens (tertiary/aromatic N) is 4. The molecule has 0 aliphatic heterocycles. The number of nitriles is 1. The van der Waals surface area contributed by atoms with E-state index in [1.54, 1.807) is 42.8 Å². The quantitative estimate of drug-likeness (QED) is 0.450. The smallest absolute Gasteiger partial charge is 0.342 e. The zero-order valence-electron chi connectivity index (χ0n) is 12.6. The number of thioether (sulfide) groups is 1. The van der Waals surface area contributed by atoms with E-state index in [1.807, 2.05) is 0 Å². The van der Waals surface area contributed by atoms with Gasteiger partial charge in [0, 0.05) is 53.0 Å². The van der Waals surface area contributed by atoms with E-state index in [4.69, 9.17) is 5.26 Å². The molecule has 0 atom stereocenters. The average Bonchev–Trinajstić information content (AvgIpc) is 3.02. The van der Waals surface area contributed by atoms with Gasteiger partial charge in [0.2, 0.25) is 0 Å². The van der Waals surface area contributed by atoms with Crippen molar-refractivity contribution in [2.24, 2.45) is 0 Å². The number of hydrogen-bond donors (Lipinski definition) is 2. The molecule has 2 N–H and O–H groups in total. The molecule has 0 aliphatic carbocycles. The fourth-order valence-electron chi connectivity index (χ4n) is 2.18. The van der Waals surface area contributed by atoms with E-state index in [0.29, 0.717) is 27.7 Å². The summed E-state index contributed by atoms with van der Waals surface area (Å²) in [7, 11) is 0. The SMILES string of the molecule is CSc1nc2ccnn2c(Nc2cccc(C#N)c2)c1C(=O)O.[Pr]. The predicted molar refractivity (Wildman–Crippen MR) is 86.2 cm³/mol. The molecule has 24 heavy (non-hydrogen) atoms. The predicted octanol–water partition coefficient (Wildman–Crippen LogP) is 2.76. The summed E-state index contributed by atoms with van der Waals surface area (Å²) >= 11 is 1.25. The number of rotatable bonds is 4. The number of nitrogens with one attached hydrogen (secondary N) is 1. The molecule has 0 saturated carbocycles. The molecule has 7 nitrogen and oxygen atoms in total. The van der Waals surface area contributed by atoms with Crippen LogP contribution in [-0.2, 0) is 0 Å². The molecule has 0 fully saturated rings. The van der Waals surface area contributed by atoms with Gasteiger partial charge in [-0.3, -0.25) is 0 Å². The average molecular weight is 466 g/mol. The minimum atomic E-state index is -1.10. The summed E-state index contributed by atoms with van der Waals surface area (Å²) in [5.41, 5.74) is 1.65. The molecule has 3 rings (SSSR count). The normalized spacial score (nSPS) is 10.0. The molecule has 1 aromatic carbocycles. The molecule has 0 saturated heterocycles. The van der Waals surface area contributed by atoms with Crippen molar-refractivity contribution in [3.8, 4) is 6.07 Å². The fourth-order valence-corrected chi connectivity index (χ4v) is 2.75. The van der Waals surface area contributed by atoms with Crippen LogP contribution < -0.4 is 5.32 Å². The van der Waals surface area contributed by atoms with E-state index in [1.165, 1.54) is 16.3 Å². The van der Waals surface area contributed by atoms with Crippen LogP contribution in [-0.4, -0.2) is 31.9 Å². The number of carboxylic acids is 1. The van der Waals surface area contributed by atoms with E-state index in [9.17, 15) is 9.90 Å². The van der Waals surface area contributed by atoms with Crippen LogP contribution in [0.4, 0.5) is 11.5 Å². The second kappa shape index (κ2) is 7.92. The number of fused-ring (bicyclic) bond motifs is 1. The maximum absolute atomic E-state index is 11.7. The number of benzene rings is 1. The molecule has 1 radical (unpaired) electrons. The third-order valence-electron chi connectivity index (χ3n) is 3.16. The molecule has 0 unspecified atom stereocenters. The topological polar surface area (TPSA) is 103 Å². The van der Waals surface area contributed by atoms with Gasteiger partial charge in [0.15, 0.2) is 11.5 Å². The van der Waals surface area contributed by atoms with Gasteiger partial charge in [0.25, 0.3) is 0 Å². The molecule has 2 aromatic heterocycles. The number of anilines is 2. The van der Waals surface area contributed by atoms with Crippen LogP contribution in [0, 0.1) is 52.6 Å². The molecule has 0 spiro atoms. The second-order valence-electron chi connectivity index (χ2n) is 4.57. The standard InChI is InChI=1S/C15H11N5O2S.Pr/c1-23-14-12(15(21)22)13(20-11(19-14)5-6-17-20)18-10-4-2-3-9(7-10)8-16;/h2-7,18H,1H3,(H,21,22);. The molecular weight excluding hydrogens is 455 g/mol. The van der Waals surface area contributed by atoms with Gasteiger partial charge < -0.3 is 10.4 Å². The van der Waals surface area contributed by atoms with Crippen LogP contribution in [0.1, 0.15) is 15.9 Å². The summed E-state index contributed by atoms with van der Waals surface area (Å²) in [5.74, 6) is -0.801. The number of aromatic nitrogens is 3. The van der Waals surface area contributed by atoms with E-state index in [2.05, 4.69) is 21.5 Å². The van der Waals surface area contributed by atoms with Gasteiger partial charge in [-0.25, -0.2) is 9.78 Å². The minimum Gasteiger partial charge on any atom is -0.477 e. The maximum atomic E-state index is 11.7. The molecule has 3 aromatic rings. The van der Waals surface area contributed by atoms with E-state index in [-0.39, 0.29) is 46.9 Å². The largest absolute Gasteiger partial charge is 0.477 e. The summed E-state index contributed by atoms with van der Waals surface area (Å²) in [6.07, 6.45) is 3.32. The Morgan fingerprint density at radius 1 is 1.42 bits per heavy atom. The molecule has 0 bridgehead atoms. The van der Waals surface area contributed by atoms with Gasteiger partial charge in [-0.2, -0.15) is 14.9 Å². The Bertz CT molecular complexity index is 951. The first-order valence-electron chi connectivity index (χ1n) is 6.56. The number of carboxylic acid groups (broad SMARTS) is 1. The summed E-state index contributed by atoms with van der Waals surface area (Å²) in [4.78, 5) is 16.0. The van der Waals surface area contributed by atoms with Crippen LogP contribution in [0.3, 0.4) is 0 Å². The summed E-state index contributed by atoms with van der Waals surface area (Å²) in [6.45, 7) is 0. The monoisotopic (exact) mass is 466 g/mol. The first-order valence-corrected chi connectivity index (χ1v) is 7.78. The zero-order chi connectivity index (χ0) is 16.4. The minimum absolute atomic E-state index is 0. The Morgan fingerprint density at radius 2 is 2.21 bits per heavy atom. The number of aromatic carboxylic acids is 1. The van der Waals surface area contributed by atoms with Crippen molar-refractivity contribution in [1.29, 1.82) is 5.26 Å². The van der Waals surface area contributed by atoms with Crippen molar-refractivity contribution in [2.75, 3.05) is 11.6 Å². The Balaban J connectivity index is 0.00000208. The molecule has 2 heterocycles. The Kier molecular flexibility index (Phi) is 6.16. The van der Waals surface area contributed by atoms with E-state index in [0.717, 1.165) is 0 Å². The van der Waals surface area contributed by atoms with Gasteiger partial charge in [-0.1, -0.05) is 6.07 Å². The van der Waals surface area contributed by atoms with Crippen molar-refractivity contribution >= 4 is 34.9 Å². The second-order valence-corrected chi connectivity index (χ2v) is 5.36. The third kappa shape index (κ3) is 3.53. The van der Waals surface area contributed by atoms with Crippen molar-refractivity contribution in [3.63, 3.8) is 0 Å². The Hall–Kier alpha value is -1.69. The van der Waals surface area contributed by atoms with Gasteiger partial charge in [0.05, 0.1) is 17.8 Å². The van der Waals surface area contributed by atoms with E-state index < -0.39 is 5.97 Å². The van der Waals surface area contributed by atoms with Crippen LogP contribution in [0.2, 0.25) is 0 Å². The zero-order valence-corrected chi connectivity index (χ0v) is 17.1. The molecule has 0 amide bonds. The van der Waals surface area contributed by atoms with Crippen molar-refractivity contribution in [2.45, 2.75) is 5.03 Å². The maximum Gasteiger partial charge on any atom is 0.342 e. The number of hydrogen-bond acceptors (Lipinski definition) is 6. The van der Waals surface area contributed by atoms with E-state index >= 15 is 0 Å². The molecule has 117 valence electrons. The Morgan fingerprint density at radius 3 is 2.88 bits per heavy atom. The summed E-state index contributed by atoms with van der Waals surface area (Å²) in [6, 6.07) is 10.5. The fraction of sp³-hybridized carbons (Fsp3) is 0.0667. The summed E-state index contributed by atoms with van der Waals surface area (Å²) in [5, 5.41) is 26.1. The van der Waals surface area contributed by atoms with Crippen LogP contribution >= 0.6 is 11.8 Å². The Labute approximate surface area is 175 Å². The van der Waals surface area contributed by atoms with Crippen molar-refractivity contribution < 1.29 is 51.2 Å². The first kappa shape index (κ1) is 18.6. The van der Waals surface area contributed by atoms with Crippen molar-refractivity contribution in [3.05, 3.63) is 47.7 Å². The van der Waals surface area contributed by atoms with Gasteiger partial charge >= 0.3 is 5.97 Å². The van der Waals surface area contributed by atoms with Crippen LogP contribution in [0.25, 0.3) is 5.65 Å². The summed E-state index contributed by atoms with van der Waals surface area (Å²) < 4.78 is 1.43. The molecular formula is C15H11N5O2PrS.